The summed E-state index contributed by atoms with van der Waals surface area (Å²) in [5.41, 5.74) is 2.78. The van der Waals surface area contributed by atoms with Gasteiger partial charge in [-0.2, -0.15) is 0 Å². The molecule has 1 aliphatic carbocycles. The van der Waals surface area contributed by atoms with E-state index in [9.17, 15) is 24.0 Å². The van der Waals surface area contributed by atoms with Crippen molar-refractivity contribution in [3.05, 3.63) is 100 Å². The summed E-state index contributed by atoms with van der Waals surface area (Å²) < 4.78 is 4.96. The van der Waals surface area contributed by atoms with Crippen LogP contribution in [0.15, 0.2) is 66.7 Å². The molecule has 8 nitrogen and oxygen atoms in total. The second-order valence-electron chi connectivity index (χ2n) is 7.99. The van der Waals surface area contributed by atoms with Crippen LogP contribution >= 0.6 is 0 Å². The van der Waals surface area contributed by atoms with E-state index in [4.69, 9.17) is 4.74 Å². The van der Waals surface area contributed by atoms with Gasteiger partial charge >= 0.3 is 5.97 Å². The minimum Gasteiger partial charge on any atom is -0.456 e. The maximum absolute atomic E-state index is 12.8. The molecule has 3 aromatic rings. The van der Waals surface area contributed by atoms with Crippen LogP contribution in [0.25, 0.3) is 0 Å². The third-order valence-electron chi connectivity index (χ3n) is 5.58. The molecule has 1 aliphatic rings. The van der Waals surface area contributed by atoms with E-state index < -0.39 is 18.5 Å². The van der Waals surface area contributed by atoms with E-state index in [0.29, 0.717) is 22.4 Å². The molecule has 0 atom stereocenters. The van der Waals surface area contributed by atoms with Crippen LogP contribution in [0.3, 0.4) is 0 Å². The molecule has 0 heterocycles. The normalized spacial score (nSPS) is 11.8. The first kappa shape index (κ1) is 23.6. The van der Waals surface area contributed by atoms with Crippen LogP contribution in [0.4, 0.5) is 5.69 Å². The van der Waals surface area contributed by atoms with Crippen molar-refractivity contribution in [2.24, 2.45) is 0 Å². The Morgan fingerprint density at radius 3 is 2.14 bits per heavy atom. The van der Waals surface area contributed by atoms with Gasteiger partial charge in [0, 0.05) is 40.0 Å². The molecule has 176 valence electrons. The maximum Gasteiger partial charge on any atom is 0.308 e. The fourth-order valence-corrected chi connectivity index (χ4v) is 3.79. The largest absolute Gasteiger partial charge is 0.456 e. The van der Waals surface area contributed by atoms with E-state index in [1.807, 2.05) is 19.1 Å². The summed E-state index contributed by atoms with van der Waals surface area (Å²) in [5, 5.41) is 5.20. The number of nitrogens with one attached hydrogen (secondary N) is 2. The molecule has 0 aliphatic heterocycles. The zero-order chi connectivity index (χ0) is 24.9. The van der Waals surface area contributed by atoms with Crippen molar-refractivity contribution in [2.75, 3.05) is 18.5 Å². The molecule has 35 heavy (non-hydrogen) atoms. The van der Waals surface area contributed by atoms with Crippen LogP contribution < -0.4 is 10.6 Å². The molecule has 3 aromatic carbocycles. The number of ether oxygens (including phenoxy) is 1. The number of carbonyl (C=O) groups is 5. The van der Waals surface area contributed by atoms with Crippen molar-refractivity contribution in [3.8, 4) is 0 Å². The highest BCUT2D eigenvalue weighted by Gasteiger charge is 2.29. The Labute approximate surface area is 201 Å². The molecule has 4 rings (SSSR count). The van der Waals surface area contributed by atoms with E-state index >= 15 is 0 Å². The predicted molar refractivity (Wildman–Crippen MR) is 127 cm³/mol. The maximum atomic E-state index is 12.8. The number of anilines is 1. The number of esters is 1. The minimum absolute atomic E-state index is 0.0655. The van der Waals surface area contributed by atoms with Crippen molar-refractivity contribution in [3.63, 3.8) is 0 Å². The van der Waals surface area contributed by atoms with Crippen LogP contribution in [0, 0.1) is 6.92 Å². The quantitative estimate of drug-likeness (QED) is 0.401. The van der Waals surface area contributed by atoms with Crippen LogP contribution in [0.1, 0.15) is 54.2 Å². The molecule has 0 saturated carbocycles. The summed E-state index contributed by atoms with van der Waals surface area (Å²) >= 11 is 0. The predicted octanol–water partition coefficient (Wildman–Crippen LogP) is 3.07. The topological polar surface area (TPSA) is 119 Å². The molecule has 0 spiro atoms. The summed E-state index contributed by atoms with van der Waals surface area (Å²) in [6, 6.07) is 18.1. The summed E-state index contributed by atoms with van der Waals surface area (Å²) in [6.07, 6.45) is -0.0975. The lowest BCUT2D eigenvalue weighted by molar-refractivity contribution is -0.147. The Kier molecular flexibility index (Phi) is 6.82. The highest BCUT2D eigenvalue weighted by molar-refractivity contribution is 6.28. The lowest BCUT2D eigenvalue weighted by atomic mass is 9.84. The van der Waals surface area contributed by atoms with Gasteiger partial charge in [0.25, 0.3) is 11.8 Å². The average Bonchev–Trinajstić information content (AvgIpc) is 2.86. The minimum atomic E-state index is -0.645. The van der Waals surface area contributed by atoms with Gasteiger partial charge < -0.3 is 15.4 Å². The zero-order valence-electron chi connectivity index (χ0n) is 18.9. The van der Waals surface area contributed by atoms with Gasteiger partial charge in [-0.05, 0) is 36.8 Å². The number of hydrogen-bond acceptors (Lipinski definition) is 6. The lowest BCUT2D eigenvalue weighted by Gasteiger charge is -2.18. The Bertz CT molecular complexity index is 1360. The van der Waals surface area contributed by atoms with Gasteiger partial charge in [0.05, 0.1) is 6.42 Å². The fraction of sp³-hybridized carbons (Fsp3) is 0.148. The number of aryl methyl sites for hydroxylation is 1. The standard InChI is InChI=1S/C27H22N2O6/c1-16-6-2-3-7-18(16)27(34)28-13-12-24(31)35-15-23(30)29-17-10-11-21-22(14-17)26(33)20-9-5-4-8-19(20)25(21)32/h2-11,14H,12-13,15H2,1H3,(H,28,34)(H,29,30). The summed E-state index contributed by atoms with van der Waals surface area (Å²) in [4.78, 5) is 61.8. The fourth-order valence-electron chi connectivity index (χ4n) is 3.79. The van der Waals surface area contributed by atoms with E-state index in [-0.39, 0.29) is 41.6 Å². The molecular formula is C27H22N2O6. The highest BCUT2D eigenvalue weighted by Crippen LogP contribution is 2.29. The van der Waals surface area contributed by atoms with Crippen LogP contribution in [-0.4, -0.2) is 42.5 Å². The van der Waals surface area contributed by atoms with E-state index in [1.165, 1.54) is 18.2 Å². The molecule has 0 aromatic heterocycles. The van der Waals surface area contributed by atoms with Gasteiger partial charge in [-0.25, -0.2) is 0 Å². The van der Waals surface area contributed by atoms with Crippen LogP contribution in [0.2, 0.25) is 0 Å². The molecule has 0 saturated heterocycles. The number of fused-ring (bicyclic) bond motifs is 2. The number of carbonyl (C=O) groups excluding carboxylic acids is 5. The first-order valence-corrected chi connectivity index (χ1v) is 11.0. The molecule has 0 radical (unpaired) electrons. The summed E-state index contributed by atoms with van der Waals surface area (Å²) in [5.74, 6) is -2.09. The molecule has 2 amide bonds. The van der Waals surface area contributed by atoms with Gasteiger partial charge in [-0.3, -0.25) is 24.0 Å². The van der Waals surface area contributed by atoms with Crippen molar-refractivity contribution >= 4 is 35.0 Å². The van der Waals surface area contributed by atoms with E-state index in [2.05, 4.69) is 10.6 Å². The Hall–Kier alpha value is -4.59. The summed E-state index contributed by atoms with van der Waals surface area (Å²) in [7, 11) is 0. The second-order valence-corrected chi connectivity index (χ2v) is 7.99. The molecule has 0 bridgehead atoms. The van der Waals surface area contributed by atoms with Crippen molar-refractivity contribution in [2.45, 2.75) is 13.3 Å². The SMILES string of the molecule is Cc1ccccc1C(=O)NCCC(=O)OCC(=O)Nc1ccc2c(c1)C(=O)c1ccccc1C2=O. The van der Waals surface area contributed by atoms with Crippen molar-refractivity contribution < 1.29 is 28.7 Å². The van der Waals surface area contributed by atoms with Gasteiger partial charge in [0.1, 0.15) is 0 Å². The van der Waals surface area contributed by atoms with Gasteiger partial charge in [-0.1, -0.05) is 42.5 Å². The first-order chi connectivity index (χ1) is 16.8. The third-order valence-corrected chi connectivity index (χ3v) is 5.58. The zero-order valence-corrected chi connectivity index (χ0v) is 18.9. The molecule has 2 N–H and O–H groups in total. The van der Waals surface area contributed by atoms with Gasteiger partial charge in [-0.15, -0.1) is 0 Å². The molecule has 0 unspecified atom stereocenters. The Balaban J connectivity index is 1.27. The Morgan fingerprint density at radius 1 is 0.800 bits per heavy atom. The van der Waals surface area contributed by atoms with E-state index in [1.54, 1.807) is 36.4 Å². The van der Waals surface area contributed by atoms with Gasteiger partial charge in [0.2, 0.25) is 0 Å². The molecule has 0 fully saturated rings. The van der Waals surface area contributed by atoms with E-state index in [0.717, 1.165) is 5.56 Å². The molecular weight excluding hydrogens is 448 g/mol. The number of benzene rings is 3. The summed E-state index contributed by atoms with van der Waals surface area (Å²) in [6.45, 7) is 1.35. The smallest absolute Gasteiger partial charge is 0.308 e. The number of rotatable bonds is 7. The van der Waals surface area contributed by atoms with Crippen molar-refractivity contribution in [1.29, 1.82) is 0 Å². The molecule has 8 heteroatoms. The number of hydrogen-bond donors (Lipinski definition) is 2. The number of amides is 2. The Morgan fingerprint density at radius 2 is 1.43 bits per heavy atom. The number of ketones is 2. The highest BCUT2D eigenvalue weighted by atomic mass is 16.5. The first-order valence-electron chi connectivity index (χ1n) is 11.0. The van der Waals surface area contributed by atoms with Crippen LogP contribution in [-0.2, 0) is 14.3 Å². The monoisotopic (exact) mass is 470 g/mol. The second kappa shape index (κ2) is 10.1. The van der Waals surface area contributed by atoms with Crippen molar-refractivity contribution in [1.82, 2.24) is 5.32 Å². The third kappa shape index (κ3) is 5.16. The lowest BCUT2D eigenvalue weighted by Crippen LogP contribution is -2.28. The average molecular weight is 470 g/mol. The van der Waals surface area contributed by atoms with Crippen LogP contribution in [0.5, 0.6) is 0 Å². The van der Waals surface area contributed by atoms with Gasteiger partial charge in [0.15, 0.2) is 18.2 Å².